The molecule has 0 aliphatic rings. The average Bonchev–Trinajstić information content (AvgIpc) is 3.53. The zero-order valence-electron chi connectivity index (χ0n) is 18.5. The van der Waals surface area contributed by atoms with Gasteiger partial charge in [-0.2, -0.15) is 5.10 Å². The first kappa shape index (κ1) is 21.0. The summed E-state index contributed by atoms with van der Waals surface area (Å²) in [5.41, 5.74) is 13.4. The summed E-state index contributed by atoms with van der Waals surface area (Å²) in [6, 6.07) is 20.3. The van der Waals surface area contributed by atoms with Crippen molar-refractivity contribution >= 4 is 10.9 Å². The van der Waals surface area contributed by atoms with Gasteiger partial charge in [-0.25, -0.2) is 0 Å². The summed E-state index contributed by atoms with van der Waals surface area (Å²) in [5, 5.41) is 8.65. The van der Waals surface area contributed by atoms with E-state index in [2.05, 4.69) is 41.4 Å². The van der Waals surface area contributed by atoms with Gasteiger partial charge in [0.05, 0.1) is 29.9 Å². The van der Waals surface area contributed by atoms with Crippen LogP contribution in [0.2, 0.25) is 0 Å². The molecule has 0 amide bonds. The fourth-order valence-corrected chi connectivity index (χ4v) is 4.05. The highest BCUT2D eigenvalue weighted by molar-refractivity contribution is 5.90. The number of benzene rings is 2. The second-order valence-electron chi connectivity index (χ2n) is 8.13. The van der Waals surface area contributed by atoms with Gasteiger partial charge >= 0.3 is 0 Å². The standard InChI is InChI=1S/C27H26N4O2/c1-2-25-24-13-19(8-9-26(24)31-30-25)23-14-22(15-29-27(23)20-10-11-32-16-20)33-17-21(28)12-18-6-4-3-5-7-18/h3-11,13-16,21H,2,12,17,28H2,1H3,(H,30,31)/t21-/m0/s1. The number of rotatable bonds is 8. The van der Waals surface area contributed by atoms with E-state index in [0.717, 1.165) is 51.8 Å². The summed E-state index contributed by atoms with van der Waals surface area (Å²) in [6.07, 6.45) is 6.74. The number of aromatic nitrogens is 3. The first-order valence-corrected chi connectivity index (χ1v) is 11.1. The molecule has 3 aromatic heterocycles. The molecule has 0 aliphatic heterocycles. The van der Waals surface area contributed by atoms with Crippen molar-refractivity contribution in [3.05, 3.63) is 90.6 Å². The fourth-order valence-electron chi connectivity index (χ4n) is 4.05. The Balaban J connectivity index is 1.45. The van der Waals surface area contributed by atoms with E-state index < -0.39 is 0 Å². The Labute approximate surface area is 192 Å². The van der Waals surface area contributed by atoms with Crippen LogP contribution in [0.15, 0.2) is 83.8 Å². The van der Waals surface area contributed by atoms with Crippen LogP contribution in [0, 0.1) is 0 Å². The summed E-state index contributed by atoms with van der Waals surface area (Å²) in [5.74, 6) is 0.684. The number of nitrogens with one attached hydrogen (secondary N) is 1. The lowest BCUT2D eigenvalue weighted by Crippen LogP contribution is -2.30. The molecule has 0 unspecified atom stereocenters. The van der Waals surface area contributed by atoms with Crippen LogP contribution in [-0.2, 0) is 12.8 Å². The number of pyridine rings is 1. The third kappa shape index (κ3) is 4.52. The van der Waals surface area contributed by atoms with Gasteiger partial charge in [0, 0.05) is 28.2 Å². The molecule has 5 rings (SSSR count). The molecular weight excluding hydrogens is 412 g/mol. The Bertz CT molecular complexity index is 1340. The van der Waals surface area contributed by atoms with Crippen LogP contribution < -0.4 is 10.5 Å². The molecule has 166 valence electrons. The van der Waals surface area contributed by atoms with Crippen LogP contribution in [0.5, 0.6) is 5.75 Å². The maximum absolute atomic E-state index is 6.32. The van der Waals surface area contributed by atoms with Crippen LogP contribution in [0.4, 0.5) is 0 Å². The number of furan rings is 1. The van der Waals surface area contributed by atoms with Crippen LogP contribution in [0.25, 0.3) is 33.3 Å². The highest BCUT2D eigenvalue weighted by atomic mass is 16.5. The van der Waals surface area contributed by atoms with E-state index in [9.17, 15) is 0 Å². The molecular formula is C27H26N4O2. The van der Waals surface area contributed by atoms with Crippen LogP contribution in [0.3, 0.4) is 0 Å². The summed E-state index contributed by atoms with van der Waals surface area (Å²) >= 11 is 0. The van der Waals surface area contributed by atoms with E-state index in [-0.39, 0.29) is 6.04 Å². The molecule has 2 aromatic carbocycles. The minimum atomic E-state index is -0.112. The van der Waals surface area contributed by atoms with E-state index in [1.54, 1.807) is 18.7 Å². The lowest BCUT2D eigenvalue weighted by molar-refractivity contribution is 0.287. The van der Waals surface area contributed by atoms with Crippen molar-refractivity contribution in [1.82, 2.24) is 15.2 Å². The molecule has 3 N–H and O–H groups in total. The zero-order valence-corrected chi connectivity index (χ0v) is 18.5. The SMILES string of the molecule is CCc1[nH]nc2ccc(-c3cc(OC[C@@H](N)Cc4ccccc4)cnc3-c3ccoc3)cc12. The van der Waals surface area contributed by atoms with Gasteiger partial charge in [-0.15, -0.1) is 0 Å². The third-order valence-electron chi connectivity index (χ3n) is 5.76. The molecule has 0 saturated carbocycles. The molecule has 1 atom stereocenters. The molecule has 0 aliphatic carbocycles. The maximum atomic E-state index is 6.32. The maximum Gasteiger partial charge on any atom is 0.138 e. The molecule has 33 heavy (non-hydrogen) atoms. The Morgan fingerprint density at radius 2 is 1.94 bits per heavy atom. The smallest absolute Gasteiger partial charge is 0.138 e. The van der Waals surface area contributed by atoms with E-state index >= 15 is 0 Å². The number of nitrogens with two attached hydrogens (primary N) is 1. The molecule has 6 nitrogen and oxygen atoms in total. The largest absolute Gasteiger partial charge is 0.490 e. The second-order valence-corrected chi connectivity index (χ2v) is 8.13. The minimum absolute atomic E-state index is 0.112. The molecule has 6 heteroatoms. The number of aryl methyl sites for hydroxylation is 1. The zero-order chi connectivity index (χ0) is 22.6. The van der Waals surface area contributed by atoms with Crippen LogP contribution in [-0.4, -0.2) is 27.8 Å². The van der Waals surface area contributed by atoms with Gasteiger partial charge in [-0.1, -0.05) is 43.3 Å². The molecule has 0 radical (unpaired) electrons. The first-order valence-electron chi connectivity index (χ1n) is 11.1. The number of nitrogens with zero attached hydrogens (tertiary/aromatic N) is 2. The number of fused-ring (bicyclic) bond motifs is 1. The predicted octanol–water partition coefficient (Wildman–Crippen LogP) is 5.40. The van der Waals surface area contributed by atoms with Crippen molar-refractivity contribution in [3.63, 3.8) is 0 Å². The minimum Gasteiger partial charge on any atom is -0.490 e. The van der Waals surface area contributed by atoms with Crippen LogP contribution >= 0.6 is 0 Å². The Hall–Kier alpha value is -3.90. The third-order valence-corrected chi connectivity index (χ3v) is 5.76. The topological polar surface area (TPSA) is 90.0 Å². The highest BCUT2D eigenvalue weighted by Crippen LogP contribution is 2.35. The number of H-pyrrole nitrogens is 1. The van der Waals surface area contributed by atoms with Crippen molar-refractivity contribution in [3.8, 4) is 28.1 Å². The van der Waals surface area contributed by atoms with Gasteiger partial charge in [0.1, 0.15) is 12.4 Å². The average molecular weight is 439 g/mol. The van der Waals surface area contributed by atoms with Crippen molar-refractivity contribution < 1.29 is 9.15 Å². The second kappa shape index (κ2) is 9.30. The van der Waals surface area contributed by atoms with Gasteiger partial charge in [-0.3, -0.25) is 10.1 Å². The van der Waals surface area contributed by atoms with Gasteiger partial charge in [-0.05, 0) is 48.2 Å². The molecule has 0 spiro atoms. The van der Waals surface area contributed by atoms with Gasteiger partial charge in [0.25, 0.3) is 0 Å². The van der Waals surface area contributed by atoms with E-state index in [0.29, 0.717) is 12.4 Å². The van der Waals surface area contributed by atoms with Crippen LogP contribution in [0.1, 0.15) is 18.2 Å². The Morgan fingerprint density at radius 3 is 2.73 bits per heavy atom. The number of aromatic amines is 1. The lowest BCUT2D eigenvalue weighted by atomic mass is 9.98. The van der Waals surface area contributed by atoms with Crippen molar-refractivity contribution in [2.24, 2.45) is 5.73 Å². The van der Waals surface area contributed by atoms with Crippen molar-refractivity contribution in [2.45, 2.75) is 25.8 Å². The molecule has 0 bridgehead atoms. The molecule has 5 aromatic rings. The lowest BCUT2D eigenvalue weighted by Gasteiger charge is -2.15. The fraction of sp³-hybridized carbons (Fsp3) is 0.185. The van der Waals surface area contributed by atoms with E-state index in [4.69, 9.17) is 19.9 Å². The quantitative estimate of drug-likeness (QED) is 0.339. The Kier molecular flexibility index (Phi) is 5.91. The Morgan fingerprint density at radius 1 is 1.06 bits per heavy atom. The summed E-state index contributed by atoms with van der Waals surface area (Å²) in [7, 11) is 0. The van der Waals surface area contributed by atoms with E-state index in [1.807, 2.05) is 36.4 Å². The van der Waals surface area contributed by atoms with E-state index in [1.165, 1.54) is 5.56 Å². The number of hydrogen-bond donors (Lipinski definition) is 2. The van der Waals surface area contributed by atoms with Gasteiger partial charge < -0.3 is 14.9 Å². The first-order chi connectivity index (χ1) is 16.2. The summed E-state index contributed by atoms with van der Waals surface area (Å²) in [4.78, 5) is 4.72. The van der Waals surface area contributed by atoms with Gasteiger partial charge in [0.2, 0.25) is 0 Å². The van der Waals surface area contributed by atoms with Gasteiger partial charge in [0.15, 0.2) is 0 Å². The number of ether oxygens (including phenoxy) is 1. The predicted molar refractivity (Wildman–Crippen MR) is 130 cm³/mol. The molecule has 0 saturated heterocycles. The van der Waals surface area contributed by atoms with Crippen molar-refractivity contribution in [1.29, 1.82) is 0 Å². The highest BCUT2D eigenvalue weighted by Gasteiger charge is 2.15. The summed E-state index contributed by atoms with van der Waals surface area (Å²) in [6.45, 7) is 2.52. The van der Waals surface area contributed by atoms with Crippen molar-refractivity contribution in [2.75, 3.05) is 6.61 Å². The molecule has 0 fully saturated rings. The normalized spacial score (nSPS) is 12.2. The number of hydrogen-bond acceptors (Lipinski definition) is 5. The molecule has 3 heterocycles. The monoisotopic (exact) mass is 438 g/mol. The summed E-state index contributed by atoms with van der Waals surface area (Å²) < 4.78 is 11.4.